The maximum absolute atomic E-state index is 3.47. The summed E-state index contributed by atoms with van der Waals surface area (Å²) >= 11 is 0. The molecule has 1 saturated carbocycles. The smallest absolute Gasteiger partial charge is 0.0138 e. The summed E-state index contributed by atoms with van der Waals surface area (Å²) in [7, 11) is 0. The summed E-state index contributed by atoms with van der Waals surface area (Å²) in [6.45, 7) is 12.6. The molecule has 1 aliphatic carbocycles. The second-order valence-electron chi connectivity index (χ2n) is 4.64. The van der Waals surface area contributed by atoms with Crippen molar-refractivity contribution in [2.24, 2.45) is 5.92 Å². The number of rotatable bonds is 6. The molecule has 0 amide bonds. The molecular weight excluding hydrogens is 172 g/mol. The summed E-state index contributed by atoms with van der Waals surface area (Å²) in [5, 5.41) is 3.47. The van der Waals surface area contributed by atoms with E-state index >= 15 is 0 Å². The Morgan fingerprint density at radius 2 is 2.00 bits per heavy atom. The van der Waals surface area contributed by atoms with Crippen LogP contribution in [0.3, 0.4) is 0 Å². The van der Waals surface area contributed by atoms with Crippen LogP contribution in [0.4, 0.5) is 0 Å². The minimum atomic E-state index is 0.703. The molecule has 0 aromatic rings. The molecule has 1 aliphatic rings. The van der Waals surface area contributed by atoms with Gasteiger partial charge in [-0.25, -0.2) is 0 Å². The largest absolute Gasteiger partial charge is 0.317 e. The molecule has 2 unspecified atom stereocenters. The molecule has 0 aliphatic heterocycles. The maximum atomic E-state index is 3.47. The molecule has 0 spiro atoms. The van der Waals surface area contributed by atoms with E-state index in [2.05, 4.69) is 37.9 Å². The van der Waals surface area contributed by atoms with Gasteiger partial charge in [-0.1, -0.05) is 13.8 Å². The van der Waals surface area contributed by atoms with E-state index in [-0.39, 0.29) is 0 Å². The van der Waals surface area contributed by atoms with E-state index in [1.165, 1.54) is 25.9 Å². The Morgan fingerprint density at radius 1 is 1.29 bits per heavy atom. The van der Waals surface area contributed by atoms with E-state index in [0.29, 0.717) is 6.04 Å². The average Bonchev–Trinajstić information content (AvgIpc) is 2.12. The van der Waals surface area contributed by atoms with Crippen LogP contribution < -0.4 is 5.32 Å². The molecule has 1 fully saturated rings. The fourth-order valence-corrected chi connectivity index (χ4v) is 2.54. The molecule has 0 saturated heterocycles. The topological polar surface area (TPSA) is 15.3 Å². The molecule has 1 rings (SSSR count). The van der Waals surface area contributed by atoms with E-state index in [1.807, 2.05) is 0 Å². The monoisotopic (exact) mass is 198 g/mol. The molecule has 0 heterocycles. The highest BCUT2D eigenvalue weighted by molar-refractivity contribution is 4.90. The number of hydrogen-bond donors (Lipinski definition) is 1. The van der Waals surface area contributed by atoms with Crippen LogP contribution in [-0.4, -0.2) is 36.6 Å². The molecule has 0 bridgehead atoms. The first-order valence-electron chi connectivity index (χ1n) is 6.17. The Morgan fingerprint density at radius 3 is 2.36 bits per heavy atom. The van der Waals surface area contributed by atoms with Crippen LogP contribution in [0.25, 0.3) is 0 Å². The Hall–Kier alpha value is -0.0800. The van der Waals surface area contributed by atoms with Crippen molar-refractivity contribution in [1.29, 1.82) is 0 Å². The lowest BCUT2D eigenvalue weighted by atomic mass is 9.78. The highest BCUT2D eigenvalue weighted by Crippen LogP contribution is 2.32. The van der Waals surface area contributed by atoms with Crippen molar-refractivity contribution in [1.82, 2.24) is 10.2 Å². The van der Waals surface area contributed by atoms with E-state index in [0.717, 1.165) is 18.5 Å². The van der Waals surface area contributed by atoms with Crippen molar-refractivity contribution in [2.75, 3.05) is 19.6 Å². The number of nitrogens with one attached hydrogen (secondary N) is 1. The molecule has 1 N–H and O–H groups in total. The normalized spacial score (nSPS) is 27.0. The first-order valence-corrected chi connectivity index (χ1v) is 6.17. The van der Waals surface area contributed by atoms with Crippen LogP contribution in [0.15, 0.2) is 0 Å². The number of hydrogen-bond acceptors (Lipinski definition) is 2. The third kappa shape index (κ3) is 2.71. The quantitative estimate of drug-likeness (QED) is 0.703. The maximum Gasteiger partial charge on any atom is 0.0138 e. The molecule has 0 aromatic heterocycles. The van der Waals surface area contributed by atoms with Crippen LogP contribution in [0, 0.1) is 5.92 Å². The second kappa shape index (κ2) is 5.72. The SMILES string of the molecule is CCNCC1CCC1N(CC)C(C)C. The standard InChI is InChI=1S/C12H26N2/c1-5-13-9-11-7-8-12(11)14(6-2)10(3)4/h10-13H,5-9H2,1-4H3. The van der Waals surface area contributed by atoms with Crippen LogP contribution >= 0.6 is 0 Å². The zero-order chi connectivity index (χ0) is 10.6. The van der Waals surface area contributed by atoms with E-state index in [1.54, 1.807) is 0 Å². The van der Waals surface area contributed by atoms with Gasteiger partial charge in [-0.3, -0.25) is 4.90 Å². The molecule has 2 nitrogen and oxygen atoms in total. The van der Waals surface area contributed by atoms with Crippen molar-refractivity contribution in [2.45, 2.75) is 52.6 Å². The lowest BCUT2D eigenvalue weighted by molar-refractivity contribution is 0.0427. The zero-order valence-electron chi connectivity index (χ0n) is 10.2. The lowest BCUT2D eigenvalue weighted by Gasteiger charge is -2.46. The van der Waals surface area contributed by atoms with Crippen LogP contribution in [0.2, 0.25) is 0 Å². The fraction of sp³-hybridized carbons (Fsp3) is 1.00. The van der Waals surface area contributed by atoms with Gasteiger partial charge in [0, 0.05) is 12.1 Å². The van der Waals surface area contributed by atoms with Gasteiger partial charge in [0.15, 0.2) is 0 Å². The first-order chi connectivity index (χ1) is 6.70. The van der Waals surface area contributed by atoms with Gasteiger partial charge in [0.2, 0.25) is 0 Å². The van der Waals surface area contributed by atoms with Crippen LogP contribution in [0.1, 0.15) is 40.5 Å². The fourth-order valence-electron chi connectivity index (χ4n) is 2.54. The summed E-state index contributed by atoms with van der Waals surface area (Å²) in [5.41, 5.74) is 0. The van der Waals surface area contributed by atoms with Crippen LogP contribution in [-0.2, 0) is 0 Å². The predicted molar refractivity (Wildman–Crippen MR) is 62.6 cm³/mol. The summed E-state index contributed by atoms with van der Waals surface area (Å²) in [6, 6.07) is 1.55. The van der Waals surface area contributed by atoms with E-state index in [9.17, 15) is 0 Å². The first kappa shape index (κ1) is 12.0. The third-order valence-corrected chi connectivity index (χ3v) is 3.49. The van der Waals surface area contributed by atoms with Gasteiger partial charge in [-0.2, -0.15) is 0 Å². The van der Waals surface area contributed by atoms with Crippen molar-refractivity contribution in [3.63, 3.8) is 0 Å². The van der Waals surface area contributed by atoms with E-state index in [4.69, 9.17) is 0 Å². The van der Waals surface area contributed by atoms with Crippen molar-refractivity contribution >= 4 is 0 Å². The van der Waals surface area contributed by atoms with E-state index < -0.39 is 0 Å². The van der Waals surface area contributed by atoms with Gasteiger partial charge in [-0.05, 0) is 52.2 Å². The van der Waals surface area contributed by atoms with Crippen molar-refractivity contribution in [3.05, 3.63) is 0 Å². The highest BCUT2D eigenvalue weighted by atomic mass is 15.2. The van der Waals surface area contributed by atoms with Gasteiger partial charge in [0.1, 0.15) is 0 Å². The Bertz CT molecular complexity index is 156. The minimum Gasteiger partial charge on any atom is -0.317 e. The van der Waals surface area contributed by atoms with Gasteiger partial charge >= 0.3 is 0 Å². The Balaban J connectivity index is 2.35. The summed E-state index contributed by atoms with van der Waals surface area (Å²) < 4.78 is 0. The van der Waals surface area contributed by atoms with Gasteiger partial charge < -0.3 is 5.32 Å². The Kier molecular flexibility index (Phi) is 4.90. The number of nitrogens with zero attached hydrogens (tertiary/aromatic N) is 1. The summed E-state index contributed by atoms with van der Waals surface area (Å²) in [5.74, 6) is 0.900. The average molecular weight is 198 g/mol. The Labute approximate surface area is 89.1 Å². The lowest BCUT2D eigenvalue weighted by Crippen LogP contribution is -2.52. The van der Waals surface area contributed by atoms with Gasteiger partial charge in [-0.15, -0.1) is 0 Å². The van der Waals surface area contributed by atoms with Crippen LogP contribution in [0.5, 0.6) is 0 Å². The molecule has 0 radical (unpaired) electrons. The molecular formula is C12H26N2. The molecule has 2 atom stereocenters. The van der Waals surface area contributed by atoms with Crippen molar-refractivity contribution in [3.8, 4) is 0 Å². The van der Waals surface area contributed by atoms with Crippen molar-refractivity contribution < 1.29 is 0 Å². The van der Waals surface area contributed by atoms with Gasteiger partial charge in [0.25, 0.3) is 0 Å². The third-order valence-electron chi connectivity index (χ3n) is 3.49. The molecule has 0 aromatic carbocycles. The second-order valence-corrected chi connectivity index (χ2v) is 4.64. The predicted octanol–water partition coefficient (Wildman–Crippen LogP) is 2.10. The molecule has 14 heavy (non-hydrogen) atoms. The molecule has 2 heteroatoms. The minimum absolute atomic E-state index is 0.703. The summed E-state index contributed by atoms with van der Waals surface area (Å²) in [4.78, 5) is 2.64. The summed E-state index contributed by atoms with van der Waals surface area (Å²) in [6.07, 6.45) is 2.82. The highest BCUT2D eigenvalue weighted by Gasteiger charge is 2.35. The zero-order valence-corrected chi connectivity index (χ0v) is 10.2. The molecule has 84 valence electrons. The van der Waals surface area contributed by atoms with Gasteiger partial charge in [0.05, 0.1) is 0 Å².